The highest BCUT2D eigenvalue weighted by molar-refractivity contribution is 7.80. The van der Waals surface area contributed by atoms with Crippen LogP contribution in [0.3, 0.4) is 0 Å². The summed E-state index contributed by atoms with van der Waals surface area (Å²) in [5, 5.41) is 9.86. The van der Waals surface area contributed by atoms with Gasteiger partial charge in [-0.25, -0.2) is 8.42 Å². The van der Waals surface area contributed by atoms with Crippen molar-refractivity contribution in [1.29, 1.82) is 0 Å². The van der Waals surface area contributed by atoms with Crippen LogP contribution in [-0.4, -0.2) is 73.5 Å². The van der Waals surface area contributed by atoms with Crippen LogP contribution in [0.4, 0.5) is 0 Å². The number of carbonyl (C=O) groups excluding carboxylic acids is 2. The Hall–Kier alpha value is -0.870. The van der Waals surface area contributed by atoms with Gasteiger partial charge in [-0.1, -0.05) is 194 Å². The lowest BCUT2D eigenvalue weighted by Gasteiger charge is -2.43. The highest BCUT2D eigenvalue weighted by atomic mass is 32.3. The average molecular weight is 776 g/mol. The number of quaternary nitrogens is 1. The van der Waals surface area contributed by atoms with Gasteiger partial charge in [0, 0.05) is 12.8 Å². The van der Waals surface area contributed by atoms with E-state index < -0.39 is 10.4 Å². The second-order valence-electron chi connectivity index (χ2n) is 16.1. The van der Waals surface area contributed by atoms with E-state index in [1.165, 1.54) is 167 Å². The summed E-state index contributed by atoms with van der Waals surface area (Å²) in [7, 11) is -1.59. The number of unbranched alkanes of at least 4 members (excludes halogenated alkanes) is 28. The summed E-state index contributed by atoms with van der Waals surface area (Å²) in [6, 6.07) is -0.511. The van der Waals surface area contributed by atoms with Gasteiger partial charge in [0.2, 0.25) is 10.4 Å². The third-order valence-corrected chi connectivity index (χ3v) is 11.9. The molecule has 0 amide bonds. The molecule has 53 heavy (non-hydrogen) atoms. The Morgan fingerprint density at radius 1 is 0.528 bits per heavy atom. The van der Waals surface area contributed by atoms with Gasteiger partial charge in [-0.2, -0.15) is 0 Å². The maximum absolute atomic E-state index is 13.2. The van der Waals surface area contributed by atoms with Crippen LogP contribution in [0.2, 0.25) is 0 Å². The molecule has 0 aromatic heterocycles. The van der Waals surface area contributed by atoms with Crippen LogP contribution < -0.4 is 0 Å². The van der Waals surface area contributed by atoms with E-state index in [1.54, 1.807) is 0 Å². The molecule has 0 bridgehead atoms. The summed E-state index contributed by atoms with van der Waals surface area (Å²) in [5.74, 6) is 0.504. The minimum absolute atomic E-state index is 0.00363. The van der Waals surface area contributed by atoms with Crippen molar-refractivity contribution in [1.82, 2.24) is 0 Å². The lowest BCUT2D eigenvalue weighted by Crippen LogP contribution is -2.62. The second-order valence-corrected chi connectivity index (χ2v) is 17.2. The fourth-order valence-corrected chi connectivity index (χ4v) is 7.35. The fourth-order valence-electron chi connectivity index (χ4n) is 7.35. The van der Waals surface area contributed by atoms with Crippen molar-refractivity contribution in [2.45, 2.75) is 245 Å². The van der Waals surface area contributed by atoms with Crippen LogP contribution in [0.15, 0.2) is 0 Å². The van der Waals surface area contributed by atoms with Crippen LogP contribution in [0.1, 0.15) is 233 Å². The number of rotatable bonds is 39. The number of hydrogen-bond donors (Lipinski definition) is 1. The first-order valence-corrected chi connectivity index (χ1v) is 23.8. The Balaban J connectivity index is 0. The van der Waals surface area contributed by atoms with E-state index in [0.29, 0.717) is 23.9 Å². The van der Waals surface area contributed by atoms with Gasteiger partial charge in [-0.05, 0) is 26.7 Å². The monoisotopic (exact) mass is 776 g/mol. The van der Waals surface area contributed by atoms with Gasteiger partial charge in [-0.3, -0.25) is 13.8 Å². The minimum atomic E-state index is -4.41. The predicted octanol–water partition coefficient (Wildman–Crippen LogP) is 12.0. The molecule has 9 heteroatoms. The standard InChI is InChI=1S/C43H86NO3.CH4O4S/c1-6-8-10-12-14-16-18-20-22-24-26-28-30-32-34-36-42(46)40(3)44(5,38-39-45)41(4)43(47)37-35-33-31-29-27-25-23-21-19-17-15-13-11-9-7-2;1-5-6(2,3)4/h40-41,45H,6-39H2,1-5H3;1H3,(H,2,3,4)/q+1;/p-1. The summed E-state index contributed by atoms with van der Waals surface area (Å²) >= 11 is 0. The lowest BCUT2D eigenvalue weighted by molar-refractivity contribution is -0.935. The number of likely N-dealkylation sites (N-methyl/N-ethyl adjacent to an activating group) is 1. The maximum atomic E-state index is 13.2. The molecule has 0 aliphatic carbocycles. The smallest absolute Gasteiger partial charge is 0.217 e. The van der Waals surface area contributed by atoms with E-state index in [0.717, 1.165) is 32.8 Å². The zero-order valence-corrected chi connectivity index (χ0v) is 36.8. The molecule has 0 aromatic rings. The number of carbonyl (C=O) groups is 2. The van der Waals surface area contributed by atoms with Crippen molar-refractivity contribution in [2.75, 3.05) is 27.3 Å². The van der Waals surface area contributed by atoms with Gasteiger partial charge in [-0.15, -0.1) is 0 Å². The number of hydrogen-bond acceptors (Lipinski definition) is 7. The largest absolute Gasteiger partial charge is 0.726 e. The Morgan fingerprint density at radius 3 is 0.925 bits per heavy atom. The van der Waals surface area contributed by atoms with Gasteiger partial charge < -0.3 is 14.1 Å². The van der Waals surface area contributed by atoms with Crippen LogP contribution in [-0.2, 0) is 24.2 Å². The molecule has 0 heterocycles. The lowest BCUT2D eigenvalue weighted by atomic mass is 9.97. The Labute approximate surface area is 329 Å². The van der Waals surface area contributed by atoms with Crippen molar-refractivity contribution >= 4 is 22.0 Å². The normalized spacial score (nSPS) is 14.0. The zero-order chi connectivity index (χ0) is 40.1. The van der Waals surface area contributed by atoms with Crippen molar-refractivity contribution in [2.24, 2.45) is 0 Å². The van der Waals surface area contributed by atoms with Crippen molar-refractivity contribution in [3.63, 3.8) is 0 Å². The molecule has 2 atom stereocenters. The van der Waals surface area contributed by atoms with E-state index in [-0.39, 0.29) is 30.3 Å². The maximum Gasteiger partial charge on any atom is 0.217 e. The molecule has 0 saturated heterocycles. The molecule has 0 fully saturated rings. The highest BCUT2D eigenvalue weighted by Gasteiger charge is 2.41. The molecule has 8 nitrogen and oxygen atoms in total. The van der Waals surface area contributed by atoms with E-state index in [1.807, 2.05) is 20.9 Å². The molecule has 0 radical (unpaired) electrons. The summed E-state index contributed by atoms with van der Waals surface area (Å²) in [6.45, 7) is 8.99. The third kappa shape index (κ3) is 34.1. The SMILES string of the molecule is CCCCCCCCCCCCCCCCCC(=O)C(C)[N+](C)(CCO)C(C)C(=O)CCCCCCCCCCCCCCCCC.COS(=O)(=O)[O-]. The first-order chi connectivity index (χ1) is 25.4. The number of Topliss-reactive ketones (excluding diaryl/α,β-unsaturated/α-hetero) is 2. The molecule has 0 aliphatic rings. The van der Waals surface area contributed by atoms with Gasteiger partial charge >= 0.3 is 0 Å². The molecule has 1 N–H and O–H groups in total. The molecule has 2 unspecified atom stereocenters. The van der Waals surface area contributed by atoms with Gasteiger partial charge in [0.25, 0.3) is 0 Å². The van der Waals surface area contributed by atoms with E-state index >= 15 is 0 Å². The van der Waals surface area contributed by atoms with Crippen molar-refractivity contribution in [3.8, 4) is 0 Å². The number of aliphatic hydroxyl groups is 1. The van der Waals surface area contributed by atoms with Crippen LogP contribution in [0, 0.1) is 0 Å². The quantitative estimate of drug-likeness (QED) is 0.0285. The zero-order valence-electron chi connectivity index (χ0n) is 35.9. The van der Waals surface area contributed by atoms with Crippen LogP contribution >= 0.6 is 0 Å². The van der Waals surface area contributed by atoms with Gasteiger partial charge in [0.1, 0.15) is 18.6 Å². The summed E-state index contributed by atoms with van der Waals surface area (Å²) < 4.78 is 31.4. The van der Waals surface area contributed by atoms with Gasteiger partial charge in [0.05, 0.1) is 20.8 Å². The number of nitrogens with zero attached hydrogens (tertiary/aromatic N) is 1. The fraction of sp³-hybridized carbons (Fsp3) is 0.955. The molecular weight excluding hydrogens is 687 g/mol. The van der Waals surface area contributed by atoms with Crippen molar-refractivity contribution < 1.29 is 36.3 Å². The Kier molecular flexibility index (Phi) is 38.9. The summed E-state index contributed by atoms with van der Waals surface area (Å²) in [6.07, 6.45) is 40.9. The second kappa shape index (κ2) is 38.0. The third-order valence-electron chi connectivity index (χ3n) is 11.5. The van der Waals surface area contributed by atoms with Gasteiger partial charge in [0.15, 0.2) is 11.6 Å². The van der Waals surface area contributed by atoms with Crippen LogP contribution in [0.25, 0.3) is 0 Å². The Bertz CT molecular complexity index is 875. The summed E-state index contributed by atoms with van der Waals surface area (Å²) in [5.41, 5.74) is 0. The molecule has 0 saturated carbocycles. The molecule has 0 aliphatic heterocycles. The highest BCUT2D eigenvalue weighted by Crippen LogP contribution is 2.23. The number of ketones is 2. The average Bonchev–Trinajstić information content (AvgIpc) is 3.13. The number of aliphatic hydroxyl groups excluding tert-OH is 1. The molecule has 0 rings (SSSR count). The van der Waals surface area contributed by atoms with E-state index in [9.17, 15) is 27.7 Å². The molecular formula is C44H89NO7S. The molecule has 318 valence electrons. The molecule has 0 aromatic carbocycles. The predicted molar refractivity (Wildman–Crippen MR) is 223 cm³/mol. The van der Waals surface area contributed by atoms with E-state index in [2.05, 4.69) is 18.0 Å². The van der Waals surface area contributed by atoms with E-state index in [4.69, 9.17) is 0 Å². The Morgan fingerprint density at radius 2 is 0.736 bits per heavy atom. The topological polar surface area (TPSA) is 121 Å². The minimum Gasteiger partial charge on any atom is -0.726 e. The summed E-state index contributed by atoms with van der Waals surface area (Å²) in [4.78, 5) is 26.4. The van der Waals surface area contributed by atoms with Crippen LogP contribution in [0.5, 0.6) is 0 Å². The van der Waals surface area contributed by atoms with Crippen molar-refractivity contribution in [3.05, 3.63) is 0 Å². The molecule has 0 spiro atoms. The first-order valence-electron chi connectivity index (χ1n) is 22.4. The first kappa shape index (κ1) is 54.2.